The lowest BCUT2D eigenvalue weighted by atomic mass is 10.00. The average Bonchev–Trinajstić information content (AvgIpc) is 3.25. The third kappa shape index (κ3) is 8.20. The number of amides is 1. The summed E-state index contributed by atoms with van der Waals surface area (Å²) in [6, 6.07) is 8.66. The van der Waals surface area contributed by atoms with E-state index in [1.807, 2.05) is 52.0 Å². The molecule has 0 fully saturated rings. The zero-order chi connectivity index (χ0) is 28.6. The number of allylic oxidation sites excluding steroid dienone is 4. The molecule has 0 spiro atoms. The number of hydrogen-bond donors (Lipinski definition) is 4. The highest BCUT2D eigenvalue weighted by Crippen LogP contribution is 2.38. The molecule has 3 rings (SSSR count). The normalized spacial score (nSPS) is 12.1. The molecule has 0 aliphatic rings. The maximum Gasteiger partial charge on any atom is 0.268 e. The van der Waals surface area contributed by atoms with E-state index < -0.39 is 21.7 Å². The van der Waals surface area contributed by atoms with Crippen molar-refractivity contribution in [1.29, 1.82) is 0 Å². The number of H-pyrrole nitrogens is 1. The van der Waals surface area contributed by atoms with Crippen LogP contribution in [0.25, 0.3) is 11.0 Å². The van der Waals surface area contributed by atoms with E-state index in [0.29, 0.717) is 24.2 Å². The summed E-state index contributed by atoms with van der Waals surface area (Å²) in [5, 5.41) is 21.9. The fourth-order valence-electron chi connectivity index (χ4n) is 4.43. The Morgan fingerprint density at radius 3 is 2.54 bits per heavy atom. The first-order chi connectivity index (χ1) is 18.5. The number of fused-ring (bicyclic) bond motifs is 1. The molecule has 1 heterocycles. The standard InChI is InChI=1S/C30H39N3O5S/c1-5-6-7-13-22-18-26(34)23(17-16-21(4)12-10-11-20(2)3)29(36)30(22)39(37,38)33-28(35)19-27-31-24-14-8-9-15-25(24)32-27/h8-9,11,14-16,18,34,36H,5-7,10,12-13,17,19H2,1-4H3,(H,31,32)(H,33,35). The number of nitrogens with zero attached hydrogens (tertiary/aromatic N) is 1. The number of phenolic OH excluding ortho intramolecular Hbond substituents is 2. The van der Waals surface area contributed by atoms with E-state index >= 15 is 0 Å². The minimum atomic E-state index is -4.44. The van der Waals surface area contributed by atoms with Gasteiger partial charge in [-0.05, 0) is 76.6 Å². The van der Waals surface area contributed by atoms with Crippen LogP contribution in [0.5, 0.6) is 11.5 Å². The predicted octanol–water partition coefficient (Wildman–Crippen LogP) is 5.99. The molecule has 1 aromatic heterocycles. The number of aryl methyl sites for hydroxylation is 1. The second-order valence-corrected chi connectivity index (χ2v) is 11.8. The van der Waals surface area contributed by atoms with Gasteiger partial charge in [0, 0.05) is 5.56 Å². The highest BCUT2D eigenvalue weighted by molar-refractivity contribution is 7.90. The summed E-state index contributed by atoms with van der Waals surface area (Å²) >= 11 is 0. The Hall–Kier alpha value is -3.59. The Morgan fingerprint density at radius 1 is 1.10 bits per heavy atom. The van der Waals surface area contributed by atoms with Crippen LogP contribution in [-0.4, -0.2) is 34.5 Å². The van der Waals surface area contributed by atoms with Gasteiger partial charge in [0.15, 0.2) is 0 Å². The van der Waals surface area contributed by atoms with Crippen LogP contribution in [0, 0.1) is 0 Å². The van der Waals surface area contributed by atoms with Crippen LogP contribution >= 0.6 is 0 Å². The summed E-state index contributed by atoms with van der Waals surface area (Å²) < 4.78 is 29.0. The van der Waals surface area contributed by atoms with Gasteiger partial charge in [0.25, 0.3) is 10.0 Å². The second-order valence-electron chi connectivity index (χ2n) is 10.1. The highest BCUT2D eigenvalue weighted by Gasteiger charge is 2.29. The van der Waals surface area contributed by atoms with Crippen LogP contribution in [0.4, 0.5) is 0 Å². The number of para-hydroxylation sites is 2. The largest absolute Gasteiger partial charge is 0.508 e. The summed E-state index contributed by atoms with van der Waals surface area (Å²) in [5.74, 6) is -1.15. The van der Waals surface area contributed by atoms with Gasteiger partial charge in [-0.25, -0.2) is 18.1 Å². The molecule has 8 nitrogen and oxygen atoms in total. The molecular weight excluding hydrogens is 514 g/mol. The first kappa shape index (κ1) is 30.0. The van der Waals surface area contributed by atoms with Crippen molar-refractivity contribution in [3.63, 3.8) is 0 Å². The van der Waals surface area contributed by atoms with Crippen molar-refractivity contribution in [2.75, 3.05) is 0 Å². The van der Waals surface area contributed by atoms with Gasteiger partial charge in [-0.15, -0.1) is 0 Å². The van der Waals surface area contributed by atoms with Crippen LogP contribution in [0.1, 0.15) is 76.8 Å². The van der Waals surface area contributed by atoms with E-state index in [1.165, 1.54) is 11.6 Å². The van der Waals surface area contributed by atoms with Crippen molar-refractivity contribution in [2.45, 2.75) is 84.0 Å². The van der Waals surface area contributed by atoms with Crippen molar-refractivity contribution in [3.8, 4) is 11.5 Å². The average molecular weight is 554 g/mol. The van der Waals surface area contributed by atoms with Crippen molar-refractivity contribution in [3.05, 3.63) is 70.6 Å². The molecule has 0 radical (unpaired) electrons. The lowest BCUT2D eigenvalue weighted by molar-refractivity contribution is -0.118. The Bertz CT molecular complexity index is 1450. The van der Waals surface area contributed by atoms with Crippen LogP contribution in [0.15, 0.2) is 58.5 Å². The van der Waals surface area contributed by atoms with Gasteiger partial charge < -0.3 is 15.2 Å². The quantitative estimate of drug-likeness (QED) is 0.152. The lowest BCUT2D eigenvalue weighted by Crippen LogP contribution is -2.33. The molecule has 9 heteroatoms. The molecule has 0 bridgehead atoms. The predicted molar refractivity (Wildman–Crippen MR) is 154 cm³/mol. The minimum absolute atomic E-state index is 0.112. The fourth-order valence-corrected chi connectivity index (χ4v) is 5.78. The van der Waals surface area contributed by atoms with Crippen molar-refractivity contribution < 1.29 is 23.4 Å². The van der Waals surface area contributed by atoms with Gasteiger partial charge in [0.2, 0.25) is 5.91 Å². The Morgan fingerprint density at radius 2 is 1.85 bits per heavy atom. The number of phenols is 2. The highest BCUT2D eigenvalue weighted by atomic mass is 32.2. The molecular formula is C30H39N3O5S. The van der Waals surface area contributed by atoms with Crippen molar-refractivity contribution in [1.82, 2.24) is 14.7 Å². The van der Waals surface area contributed by atoms with Gasteiger partial charge in [-0.3, -0.25) is 4.79 Å². The third-order valence-corrected chi connectivity index (χ3v) is 7.98. The molecule has 1 amide bonds. The van der Waals surface area contributed by atoms with Crippen LogP contribution in [-0.2, 0) is 34.1 Å². The molecule has 3 aromatic rings. The maximum atomic E-state index is 13.5. The van der Waals surface area contributed by atoms with Crippen molar-refractivity contribution in [2.24, 2.45) is 0 Å². The number of nitrogens with one attached hydrogen (secondary N) is 2. The molecule has 0 atom stereocenters. The molecule has 0 unspecified atom stereocenters. The number of carbonyl (C=O) groups excluding carboxylic acids is 1. The summed E-state index contributed by atoms with van der Waals surface area (Å²) in [6.07, 6.45) is 8.35. The Kier molecular flexibility index (Phi) is 10.3. The zero-order valence-electron chi connectivity index (χ0n) is 23.2. The molecule has 39 heavy (non-hydrogen) atoms. The van der Waals surface area contributed by atoms with Gasteiger partial charge in [0.1, 0.15) is 22.2 Å². The molecule has 0 aliphatic carbocycles. The first-order valence-corrected chi connectivity index (χ1v) is 14.8. The maximum absolute atomic E-state index is 13.5. The number of aromatic nitrogens is 2. The molecule has 210 valence electrons. The number of aromatic amines is 1. The SMILES string of the molecule is CCCCCc1cc(O)c(CC=C(C)CCC=C(C)C)c(O)c1S(=O)(=O)NC(=O)Cc1nc2ccccc2[nH]1. The fraction of sp³-hybridized carbons (Fsp3) is 0.400. The molecule has 0 saturated carbocycles. The van der Waals surface area contributed by atoms with Crippen LogP contribution in [0.3, 0.4) is 0 Å². The topological polar surface area (TPSA) is 132 Å². The summed E-state index contributed by atoms with van der Waals surface area (Å²) in [6.45, 7) is 8.06. The smallest absolute Gasteiger partial charge is 0.268 e. The number of aromatic hydroxyl groups is 2. The number of unbranched alkanes of at least 4 members (excludes halogenated alkanes) is 2. The zero-order valence-corrected chi connectivity index (χ0v) is 24.0. The molecule has 4 N–H and O–H groups in total. The third-order valence-electron chi connectivity index (χ3n) is 6.49. The van der Waals surface area contributed by atoms with E-state index in [9.17, 15) is 23.4 Å². The van der Waals surface area contributed by atoms with E-state index in [0.717, 1.165) is 36.8 Å². The van der Waals surface area contributed by atoms with E-state index in [2.05, 4.69) is 20.8 Å². The minimum Gasteiger partial charge on any atom is -0.508 e. The van der Waals surface area contributed by atoms with Gasteiger partial charge >= 0.3 is 0 Å². The first-order valence-electron chi connectivity index (χ1n) is 13.4. The number of sulfonamides is 1. The van der Waals surface area contributed by atoms with Gasteiger partial charge in [0.05, 0.1) is 17.5 Å². The van der Waals surface area contributed by atoms with Gasteiger partial charge in [-0.1, -0.05) is 55.2 Å². The summed E-state index contributed by atoms with van der Waals surface area (Å²) in [7, 11) is -4.44. The van der Waals surface area contributed by atoms with Crippen LogP contribution < -0.4 is 4.72 Å². The summed E-state index contributed by atoms with van der Waals surface area (Å²) in [5.41, 5.74) is 4.09. The number of imidazole rings is 1. The number of rotatable bonds is 13. The van der Waals surface area contributed by atoms with Crippen molar-refractivity contribution >= 4 is 27.0 Å². The van der Waals surface area contributed by atoms with Gasteiger partial charge in [-0.2, -0.15) is 0 Å². The number of benzene rings is 2. The number of carbonyl (C=O) groups is 1. The molecule has 0 aliphatic heterocycles. The van der Waals surface area contributed by atoms with E-state index in [-0.39, 0.29) is 34.6 Å². The molecule has 2 aromatic carbocycles. The lowest BCUT2D eigenvalue weighted by Gasteiger charge is -2.17. The Labute approximate surface area is 230 Å². The summed E-state index contributed by atoms with van der Waals surface area (Å²) in [4.78, 5) is 19.8. The monoisotopic (exact) mass is 553 g/mol. The Balaban J connectivity index is 1.89. The van der Waals surface area contributed by atoms with E-state index in [4.69, 9.17) is 0 Å². The second kappa shape index (κ2) is 13.5. The van der Waals surface area contributed by atoms with E-state index in [1.54, 1.807) is 6.07 Å². The molecule has 0 saturated heterocycles. The number of hydrogen-bond acceptors (Lipinski definition) is 6. The van der Waals surface area contributed by atoms with Crippen LogP contribution in [0.2, 0.25) is 0 Å².